The van der Waals surface area contributed by atoms with Crippen molar-refractivity contribution in [1.29, 1.82) is 0 Å². The van der Waals surface area contributed by atoms with E-state index in [0.29, 0.717) is 6.04 Å². The molecule has 0 aliphatic carbocycles. The highest BCUT2D eigenvalue weighted by molar-refractivity contribution is 5.22. The Morgan fingerprint density at radius 2 is 2.14 bits per heavy atom. The molecule has 0 aliphatic heterocycles. The Hall–Kier alpha value is -0.820. The van der Waals surface area contributed by atoms with E-state index in [1.807, 2.05) is 0 Å². The molecule has 1 aromatic carbocycles. The molecule has 1 aromatic rings. The lowest BCUT2D eigenvalue weighted by Gasteiger charge is -2.10. The van der Waals surface area contributed by atoms with Crippen molar-refractivity contribution < 1.29 is 0 Å². The molecule has 0 unspecified atom stereocenters. The van der Waals surface area contributed by atoms with Crippen LogP contribution in [-0.4, -0.2) is 12.6 Å². The van der Waals surface area contributed by atoms with Crippen molar-refractivity contribution in [1.82, 2.24) is 5.32 Å². The lowest BCUT2D eigenvalue weighted by Crippen LogP contribution is -2.27. The fourth-order valence-electron chi connectivity index (χ4n) is 1.47. The Kier molecular flexibility index (Phi) is 4.68. The topological polar surface area (TPSA) is 12.0 Å². The molecule has 0 fully saturated rings. The molecule has 0 heterocycles. The second-order valence-corrected chi connectivity index (χ2v) is 4.00. The first-order chi connectivity index (χ1) is 6.72. The van der Waals surface area contributed by atoms with Gasteiger partial charge in [-0.1, -0.05) is 36.8 Å². The summed E-state index contributed by atoms with van der Waals surface area (Å²) >= 11 is 0. The van der Waals surface area contributed by atoms with Gasteiger partial charge in [-0.2, -0.15) is 0 Å². The Bertz CT molecular complexity index is 268. The Labute approximate surface area is 87.5 Å². The highest BCUT2D eigenvalue weighted by atomic mass is 14.9. The minimum absolute atomic E-state index is 0.639. The number of nitrogens with one attached hydrogen (secondary N) is 1. The molecule has 0 radical (unpaired) electrons. The van der Waals surface area contributed by atoms with E-state index in [-0.39, 0.29) is 0 Å². The fraction of sp³-hybridized carbons (Fsp3) is 0.538. The van der Waals surface area contributed by atoms with Crippen LogP contribution in [0, 0.1) is 6.92 Å². The van der Waals surface area contributed by atoms with Gasteiger partial charge in [0.1, 0.15) is 0 Å². The van der Waals surface area contributed by atoms with Crippen LogP contribution in [0.2, 0.25) is 0 Å². The molecule has 0 saturated heterocycles. The summed E-state index contributed by atoms with van der Waals surface area (Å²) in [6, 6.07) is 9.38. The van der Waals surface area contributed by atoms with E-state index in [1.54, 1.807) is 0 Å². The third-order valence-corrected chi connectivity index (χ3v) is 2.60. The van der Waals surface area contributed by atoms with Crippen molar-refractivity contribution in [3.05, 3.63) is 35.4 Å². The van der Waals surface area contributed by atoms with E-state index >= 15 is 0 Å². The van der Waals surface area contributed by atoms with Gasteiger partial charge in [-0.25, -0.2) is 0 Å². The summed E-state index contributed by atoms with van der Waals surface area (Å²) < 4.78 is 0. The molecular weight excluding hydrogens is 170 g/mol. The van der Waals surface area contributed by atoms with Crippen LogP contribution in [-0.2, 0) is 6.42 Å². The zero-order valence-electron chi connectivity index (χ0n) is 9.51. The van der Waals surface area contributed by atoms with Gasteiger partial charge in [-0.05, 0) is 38.8 Å². The van der Waals surface area contributed by atoms with Crippen molar-refractivity contribution in [3.8, 4) is 0 Å². The van der Waals surface area contributed by atoms with Gasteiger partial charge in [-0.15, -0.1) is 0 Å². The van der Waals surface area contributed by atoms with Crippen molar-refractivity contribution >= 4 is 0 Å². The van der Waals surface area contributed by atoms with E-state index in [4.69, 9.17) is 0 Å². The Balaban J connectivity index is 2.31. The van der Waals surface area contributed by atoms with Crippen LogP contribution >= 0.6 is 0 Å². The van der Waals surface area contributed by atoms with Crippen molar-refractivity contribution in [3.63, 3.8) is 0 Å². The molecule has 1 atom stereocenters. The molecule has 0 aromatic heterocycles. The molecule has 1 heteroatoms. The maximum Gasteiger partial charge on any atom is 0.00362 e. The van der Waals surface area contributed by atoms with Crippen LogP contribution in [0.15, 0.2) is 24.3 Å². The van der Waals surface area contributed by atoms with Gasteiger partial charge in [0.25, 0.3) is 0 Å². The van der Waals surface area contributed by atoms with Gasteiger partial charge < -0.3 is 5.32 Å². The Morgan fingerprint density at radius 1 is 1.36 bits per heavy atom. The number of hydrogen-bond acceptors (Lipinski definition) is 1. The molecule has 0 bridgehead atoms. The third-order valence-electron chi connectivity index (χ3n) is 2.60. The second-order valence-electron chi connectivity index (χ2n) is 4.00. The first-order valence-electron chi connectivity index (χ1n) is 5.51. The Morgan fingerprint density at radius 3 is 2.79 bits per heavy atom. The molecule has 14 heavy (non-hydrogen) atoms. The third kappa shape index (κ3) is 3.93. The van der Waals surface area contributed by atoms with Gasteiger partial charge in [0.15, 0.2) is 0 Å². The van der Waals surface area contributed by atoms with Gasteiger partial charge >= 0.3 is 0 Å². The molecule has 0 spiro atoms. The summed E-state index contributed by atoms with van der Waals surface area (Å²) in [5.41, 5.74) is 2.78. The van der Waals surface area contributed by atoms with Crippen LogP contribution < -0.4 is 5.32 Å². The maximum atomic E-state index is 3.50. The van der Waals surface area contributed by atoms with E-state index in [0.717, 1.165) is 13.0 Å². The maximum absolute atomic E-state index is 3.50. The minimum Gasteiger partial charge on any atom is -0.314 e. The predicted molar refractivity (Wildman–Crippen MR) is 62.6 cm³/mol. The average Bonchev–Trinajstić information content (AvgIpc) is 2.17. The van der Waals surface area contributed by atoms with Crippen LogP contribution in [0.25, 0.3) is 0 Å². The van der Waals surface area contributed by atoms with Gasteiger partial charge in [0, 0.05) is 6.04 Å². The summed E-state index contributed by atoms with van der Waals surface area (Å²) in [5.74, 6) is 0. The first kappa shape index (κ1) is 11.3. The largest absolute Gasteiger partial charge is 0.314 e. The van der Waals surface area contributed by atoms with E-state index < -0.39 is 0 Å². The van der Waals surface area contributed by atoms with Crippen molar-refractivity contribution in [2.45, 2.75) is 39.7 Å². The van der Waals surface area contributed by atoms with Crippen LogP contribution in [0.3, 0.4) is 0 Å². The SMILES string of the molecule is CC[C@@H](C)NCCc1cccc(C)c1. The summed E-state index contributed by atoms with van der Waals surface area (Å²) in [6.45, 7) is 7.67. The molecule has 0 aliphatic rings. The van der Waals surface area contributed by atoms with Gasteiger partial charge in [0.05, 0.1) is 0 Å². The number of rotatable bonds is 5. The molecule has 1 N–H and O–H groups in total. The predicted octanol–water partition coefficient (Wildman–Crippen LogP) is 2.93. The second kappa shape index (κ2) is 5.82. The number of hydrogen-bond donors (Lipinski definition) is 1. The molecule has 1 rings (SSSR count). The minimum atomic E-state index is 0.639. The molecule has 78 valence electrons. The van der Waals surface area contributed by atoms with Crippen molar-refractivity contribution in [2.75, 3.05) is 6.54 Å². The monoisotopic (exact) mass is 191 g/mol. The standard InChI is InChI=1S/C13H21N/c1-4-12(3)14-9-8-13-7-5-6-11(2)10-13/h5-7,10,12,14H,4,8-9H2,1-3H3/t12-/m1/s1. The van der Waals surface area contributed by atoms with Gasteiger partial charge in [-0.3, -0.25) is 0 Å². The summed E-state index contributed by atoms with van der Waals surface area (Å²) in [6.07, 6.45) is 2.33. The normalized spacial score (nSPS) is 12.8. The molecule has 0 saturated carbocycles. The zero-order chi connectivity index (χ0) is 10.4. The summed E-state index contributed by atoms with van der Waals surface area (Å²) in [5, 5.41) is 3.50. The van der Waals surface area contributed by atoms with Crippen LogP contribution in [0.1, 0.15) is 31.4 Å². The molecular formula is C13H21N. The van der Waals surface area contributed by atoms with E-state index in [2.05, 4.69) is 50.4 Å². The molecule has 1 nitrogen and oxygen atoms in total. The number of benzene rings is 1. The van der Waals surface area contributed by atoms with Crippen molar-refractivity contribution in [2.24, 2.45) is 0 Å². The average molecular weight is 191 g/mol. The highest BCUT2D eigenvalue weighted by Crippen LogP contribution is 2.04. The lowest BCUT2D eigenvalue weighted by molar-refractivity contribution is 0.537. The quantitative estimate of drug-likeness (QED) is 0.754. The lowest BCUT2D eigenvalue weighted by atomic mass is 10.1. The van der Waals surface area contributed by atoms with E-state index in [9.17, 15) is 0 Å². The van der Waals surface area contributed by atoms with E-state index in [1.165, 1.54) is 17.5 Å². The summed E-state index contributed by atoms with van der Waals surface area (Å²) in [4.78, 5) is 0. The zero-order valence-corrected chi connectivity index (χ0v) is 9.51. The summed E-state index contributed by atoms with van der Waals surface area (Å²) in [7, 11) is 0. The highest BCUT2D eigenvalue weighted by Gasteiger charge is 1.97. The smallest absolute Gasteiger partial charge is 0.00362 e. The first-order valence-corrected chi connectivity index (χ1v) is 5.51. The molecule has 0 amide bonds. The van der Waals surface area contributed by atoms with Crippen LogP contribution in [0.5, 0.6) is 0 Å². The van der Waals surface area contributed by atoms with Gasteiger partial charge in [0.2, 0.25) is 0 Å². The fourth-order valence-corrected chi connectivity index (χ4v) is 1.47. The van der Waals surface area contributed by atoms with Crippen LogP contribution in [0.4, 0.5) is 0 Å². The number of aryl methyl sites for hydroxylation is 1.